The van der Waals surface area contributed by atoms with E-state index in [1.807, 2.05) is 0 Å². The lowest BCUT2D eigenvalue weighted by Gasteiger charge is -2.17. The van der Waals surface area contributed by atoms with Crippen LogP contribution >= 0.6 is 15.9 Å². The molecule has 0 aliphatic heterocycles. The van der Waals surface area contributed by atoms with Crippen LogP contribution in [0.5, 0.6) is 11.5 Å². The molecule has 0 spiro atoms. The Balaban J connectivity index is 2.71. The molecule has 1 aromatic carbocycles. The van der Waals surface area contributed by atoms with E-state index in [9.17, 15) is 9.59 Å². The number of carbonyl (C=O) groups excluding carboxylic acids is 2. The molecule has 0 aliphatic carbocycles. The molecule has 0 atom stereocenters. The molecular formula is C15H19BrO4. The van der Waals surface area contributed by atoms with Crippen molar-refractivity contribution >= 4 is 27.9 Å². The van der Waals surface area contributed by atoms with Crippen LogP contribution in [0.4, 0.5) is 0 Å². The standard InChI is InChI=1S/C15H19BrO4/c1-14(2,3)12(17)19-10-6-8-11(9-7-10)20-13(18)15(4,5)16/h6-9H,1-5H3. The minimum absolute atomic E-state index is 0.316. The number of halogens is 1. The molecular weight excluding hydrogens is 324 g/mol. The van der Waals surface area contributed by atoms with Crippen molar-refractivity contribution in [2.24, 2.45) is 5.41 Å². The first kappa shape index (κ1) is 16.7. The average molecular weight is 343 g/mol. The van der Waals surface area contributed by atoms with Crippen molar-refractivity contribution in [2.45, 2.75) is 38.9 Å². The van der Waals surface area contributed by atoms with Crippen molar-refractivity contribution in [3.8, 4) is 11.5 Å². The first-order valence-electron chi connectivity index (χ1n) is 6.24. The highest BCUT2D eigenvalue weighted by molar-refractivity contribution is 9.10. The van der Waals surface area contributed by atoms with Crippen LogP contribution in [0.25, 0.3) is 0 Å². The van der Waals surface area contributed by atoms with Gasteiger partial charge in [0.05, 0.1) is 5.41 Å². The van der Waals surface area contributed by atoms with Gasteiger partial charge in [-0.05, 0) is 58.9 Å². The highest BCUT2D eigenvalue weighted by Gasteiger charge is 2.26. The maximum atomic E-state index is 11.7. The first-order valence-corrected chi connectivity index (χ1v) is 7.03. The van der Waals surface area contributed by atoms with Gasteiger partial charge >= 0.3 is 11.9 Å². The van der Waals surface area contributed by atoms with E-state index in [2.05, 4.69) is 15.9 Å². The molecule has 0 bridgehead atoms. The summed E-state index contributed by atoms with van der Waals surface area (Å²) in [5.41, 5.74) is -0.564. The van der Waals surface area contributed by atoms with E-state index >= 15 is 0 Å². The highest BCUT2D eigenvalue weighted by atomic mass is 79.9. The number of hydrogen-bond acceptors (Lipinski definition) is 4. The van der Waals surface area contributed by atoms with Crippen LogP contribution < -0.4 is 9.47 Å². The molecule has 0 fully saturated rings. The second-order valence-corrected chi connectivity index (χ2v) is 7.96. The van der Waals surface area contributed by atoms with Crippen molar-refractivity contribution in [1.29, 1.82) is 0 Å². The molecule has 5 heteroatoms. The van der Waals surface area contributed by atoms with Crippen molar-refractivity contribution < 1.29 is 19.1 Å². The molecule has 0 radical (unpaired) electrons. The van der Waals surface area contributed by atoms with Crippen LogP contribution in [-0.2, 0) is 9.59 Å². The lowest BCUT2D eigenvalue weighted by Crippen LogP contribution is -2.29. The monoisotopic (exact) mass is 342 g/mol. The second-order valence-electron chi connectivity index (χ2n) is 5.97. The predicted octanol–water partition coefficient (Wildman–Crippen LogP) is 3.72. The summed E-state index contributed by atoms with van der Waals surface area (Å²) in [5.74, 6) is 0.113. The van der Waals surface area contributed by atoms with E-state index < -0.39 is 15.7 Å². The summed E-state index contributed by atoms with van der Waals surface area (Å²) in [4.78, 5) is 23.4. The van der Waals surface area contributed by atoms with Crippen molar-refractivity contribution in [1.82, 2.24) is 0 Å². The second kappa shape index (κ2) is 5.95. The third kappa shape index (κ3) is 4.96. The van der Waals surface area contributed by atoms with E-state index in [4.69, 9.17) is 9.47 Å². The van der Waals surface area contributed by atoms with Crippen LogP contribution in [0.3, 0.4) is 0 Å². The fourth-order valence-corrected chi connectivity index (χ4v) is 1.15. The van der Waals surface area contributed by atoms with Crippen molar-refractivity contribution in [3.05, 3.63) is 24.3 Å². The maximum Gasteiger partial charge on any atom is 0.327 e. The largest absolute Gasteiger partial charge is 0.426 e. The Morgan fingerprint density at radius 1 is 0.850 bits per heavy atom. The minimum Gasteiger partial charge on any atom is -0.426 e. The van der Waals surface area contributed by atoms with Gasteiger partial charge in [0.1, 0.15) is 15.8 Å². The van der Waals surface area contributed by atoms with Gasteiger partial charge in [0.15, 0.2) is 0 Å². The minimum atomic E-state index is -0.746. The maximum absolute atomic E-state index is 11.7. The Labute approximate surface area is 127 Å². The zero-order valence-electron chi connectivity index (χ0n) is 12.3. The number of carbonyl (C=O) groups is 2. The van der Waals surface area contributed by atoms with Gasteiger partial charge < -0.3 is 9.47 Å². The molecule has 0 aromatic heterocycles. The number of benzene rings is 1. The Morgan fingerprint density at radius 3 is 1.50 bits per heavy atom. The first-order chi connectivity index (χ1) is 9.00. The summed E-state index contributed by atoms with van der Waals surface area (Å²) in [5, 5.41) is 0. The highest BCUT2D eigenvalue weighted by Crippen LogP contribution is 2.24. The van der Waals surface area contributed by atoms with E-state index in [1.165, 1.54) is 0 Å². The topological polar surface area (TPSA) is 52.6 Å². The summed E-state index contributed by atoms with van der Waals surface area (Å²) in [6.07, 6.45) is 0. The predicted molar refractivity (Wildman–Crippen MR) is 80.2 cm³/mol. The Hall–Kier alpha value is -1.36. The van der Waals surface area contributed by atoms with E-state index in [-0.39, 0.29) is 5.97 Å². The molecule has 0 N–H and O–H groups in total. The van der Waals surface area contributed by atoms with E-state index in [0.29, 0.717) is 11.5 Å². The lowest BCUT2D eigenvalue weighted by atomic mass is 9.97. The molecule has 20 heavy (non-hydrogen) atoms. The number of rotatable bonds is 3. The Bertz CT molecular complexity index is 445. The van der Waals surface area contributed by atoms with Crippen molar-refractivity contribution in [2.75, 3.05) is 0 Å². The van der Waals surface area contributed by atoms with Gasteiger partial charge in [-0.15, -0.1) is 0 Å². The smallest absolute Gasteiger partial charge is 0.327 e. The van der Waals surface area contributed by atoms with Gasteiger partial charge in [-0.1, -0.05) is 15.9 Å². The summed E-state index contributed by atoms with van der Waals surface area (Å²) < 4.78 is 9.65. The summed E-state index contributed by atoms with van der Waals surface area (Å²) in [6.45, 7) is 8.75. The van der Waals surface area contributed by atoms with Gasteiger partial charge in [0, 0.05) is 0 Å². The summed E-state index contributed by atoms with van der Waals surface area (Å²) >= 11 is 3.23. The van der Waals surface area contributed by atoms with Gasteiger partial charge in [-0.2, -0.15) is 0 Å². The van der Waals surface area contributed by atoms with Crippen LogP contribution in [-0.4, -0.2) is 16.3 Å². The molecule has 110 valence electrons. The SMILES string of the molecule is CC(C)(C)C(=O)Oc1ccc(OC(=O)C(C)(C)Br)cc1. The fourth-order valence-electron chi connectivity index (χ4n) is 1.06. The third-order valence-electron chi connectivity index (χ3n) is 2.34. The Morgan fingerprint density at radius 2 is 1.20 bits per heavy atom. The number of hydrogen-bond donors (Lipinski definition) is 0. The summed E-state index contributed by atoms with van der Waals surface area (Å²) in [7, 11) is 0. The van der Waals surface area contributed by atoms with Crippen LogP contribution in [0.2, 0.25) is 0 Å². The lowest BCUT2D eigenvalue weighted by molar-refractivity contribution is -0.143. The summed E-state index contributed by atoms with van der Waals surface area (Å²) in [6, 6.07) is 6.35. The van der Waals surface area contributed by atoms with Gasteiger partial charge in [-0.3, -0.25) is 9.59 Å². The molecule has 4 nitrogen and oxygen atoms in total. The molecule has 0 saturated carbocycles. The van der Waals surface area contributed by atoms with Gasteiger partial charge in [-0.25, -0.2) is 0 Å². The molecule has 1 aromatic rings. The number of esters is 2. The van der Waals surface area contributed by atoms with Crippen molar-refractivity contribution in [3.63, 3.8) is 0 Å². The molecule has 0 unspecified atom stereocenters. The zero-order valence-corrected chi connectivity index (χ0v) is 13.9. The molecule has 0 aliphatic rings. The van der Waals surface area contributed by atoms with Crippen LogP contribution in [0.15, 0.2) is 24.3 Å². The quantitative estimate of drug-likeness (QED) is 0.477. The zero-order chi connectivity index (χ0) is 15.6. The fraction of sp³-hybridized carbons (Fsp3) is 0.467. The number of ether oxygens (including phenoxy) is 2. The Kier molecular flexibility index (Phi) is 4.97. The molecule has 0 amide bonds. The van der Waals surface area contributed by atoms with Crippen LogP contribution in [0, 0.1) is 5.41 Å². The molecule has 1 rings (SSSR count). The van der Waals surface area contributed by atoms with E-state index in [0.717, 1.165) is 0 Å². The normalized spacial score (nSPS) is 11.9. The average Bonchev–Trinajstić information content (AvgIpc) is 2.29. The van der Waals surface area contributed by atoms with E-state index in [1.54, 1.807) is 58.9 Å². The van der Waals surface area contributed by atoms with Gasteiger partial charge in [0.2, 0.25) is 0 Å². The van der Waals surface area contributed by atoms with Crippen LogP contribution in [0.1, 0.15) is 34.6 Å². The van der Waals surface area contributed by atoms with Gasteiger partial charge in [0.25, 0.3) is 0 Å². The molecule has 0 saturated heterocycles. The number of alkyl halides is 1. The molecule has 0 heterocycles. The third-order valence-corrected chi connectivity index (χ3v) is 2.67.